The number of fused-ring (bicyclic) bond motifs is 1. The molecule has 0 spiro atoms. The van der Waals surface area contributed by atoms with Crippen LogP contribution in [-0.4, -0.2) is 58.4 Å². The predicted molar refractivity (Wildman–Crippen MR) is 140 cm³/mol. The maximum absolute atomic E-state index is 13.0. The molecule has 0 aliphatic heterocycles. The van der Waals surface area contributed by atoms with Gasteiger partial charge >= 0.3 is 11.9 Å². The minimum atomic E-state index is -4.18. The number of carboxylic acid groups (broad SMARTS) is 2. The zero-order chi connectivity index (χ0) is 29.2. The van der Waals surface area contributed by atoms with Gasteiger partial charge in [-0.2, -0.15) is 0 Å². The molecule has 208 valence electrons. The Morgan fingerprint density at radius 2 is 1.82 bits per heavy atom. The topological polar surface area (TPSA) is 213 Å². The van der Waals surface area contributed by atoms with Crippen molar-refractivity contribution in [3.05, 3.63) is 75.3 Å². The number of sulfonamides is 1. The summed E-state index contributed by atoms with van der Waals surface area (Å²) in [5.41, 5.74) is 0.900. The van der Waals surface area contributed by atoms with Crippen molar-refractivity contribution in [3.63, 3.8) is 0 Å². The number of amides is 1. The second kappa shape index (κ2) is 11.3. The van der Waals surface area contributed by atoms with Crippen LogP contribution in [0.3, 0.4) is 0 Å². The van der Waals surface area contributed by atoms with Gasteiger partial charge in [0.2, 0.25) is 15.8 Å². The number of nitrogens with one attached hydrogen (secondary N) is 2. The van der Waals surface area contributed by atoms with Crippen LogP contribution in [0, 0.1) is 6.92 Å². The number of thiophene rings is 1. The van der Waals surface area contributed by atoms with Gasteiger partial charge in [0.25, 0.3) is 11.8 Å². The number of phenols is 1. The van der Waals surface area contributed by atoms with E-state index in [-0.39, 0.29) is 22.2 Å². The van der Waals surface area contributed by atoms with Crippen LogP contribution in [0.25, 0.3) is 11.1 Å². The van der Waals surface area contributed by atoms with E-state index in [4.69, 9.17) is 9.52 Å². The molecule has 1 amide bonds. The zero-order valence-corrected chi connectivity index (χ0v) is 22.2. The molecule has 2 heterocycles. The Labute approximate surface area is 230 Å². The highest BCUT2D eigenvalue weighted by atomic mass is 32.2. The lowest BCUT2D eigenvalue weighted by molar-refractivity contribution is -0.137. The summed E-state index contributed by atoms with van der Waals surface area (Å²) in [7, 11) is -4.18. The van der Waals surface area contributed by atoms with Gasteiger partial charge in [0.1, 0.15) is 22.9 Å². The standard InChI is InChI=1S/C25H21N3O10S2/c1-12-3-2-4-16-22(12)38-24(28-16)21(32)17(10-20(30)31)27-23(33)19-8-5-13(39-19)11-26-40(36,37)14-6-7-18(29)15(9-14)25(34)35/h2-9,17,26,29H,10-11H2,1H3,(H,27,33)(H,30,31)(H,34,35)/t17-/m0/s1. The quantitative estimate of drug-likeness (QED) is 0.161. The number of hydrogen-bond donors (Lipinski definition) is 5. The van der Waals surface area contributed by atoms with E-state index in [2.05, 4.69) is 15.0 Å². The number of aliphatic carboxylic acids is 1. The van der Waals surface area contributed by atoms with Gasteiger partial charge < -0.3 is 25.1 Å². The Balaban J connectivity index is 1.46. The Kier molecular flexibility index (Phi) is 7.99. The van der Waals surface area contributed by atoms with Gasteiger partial charge in [0.05, 0.1) is 16.2 Å². The van der Waals surface area contributed by atoms with Gasteiger partial charge in [-0.3, -0.25) is 14.4 Å². The SMILES string of the molecule is Cc1cccc2nc(C(=O)[C@H](CC(=O)O)NC(=O)c3ccc(CNS(=O)(=O)c4ccc(O)c(C(=O)O)c4)s3)oc12. The number of aryl methyl sites for hydroxylation is 1. The first-order chi connectivity index (χ1) is 18.9. The third-order valence-corrected chi connectivity index (χ3v) is 8.14. The number of hydrogen-bond acceptors (Lipinski definition) is 10. The first kappa shape index (κ1) is 28.4. The van der Waals surface area contributed by atoms with Crippen molar-refractivity contribution < 1.29 is 47.3 Å². The van der Waals surface area contributed by atoms with E-state index in [1.54, 1.807) is 25.1 Å². The van der Waals surface area contributed by atoms with Crippen LogP contribution >= 0.6 is 11.3 Å². The molecule has 0 radical (unpaired) electrons. The van der Waals surface area contributed by atoms with Crippen LogP contribution in [0.15, 0.2) is 57.8 Å². The minimum Gasteiger partial charge on any atom is -0.507 e. The molecule has 0 unspecified atom stereocenters. The van der Waals surface area contributed by atoms with Crippen LogP contribution in [0.5, 0.6) is 5.75 Å². The molecule has 4 aromatic rings. The van der Waals surface area contributed by atoms with Gasteiger partial charge in [-0.1, -0.05) is 12.1 Å². The van der Waals surface area contributed by atoms with Crippen molar-refractivity contribution in [1.29, 1.82) is 0 Å². The highest BCUT2D eigenvalue weighted by Gasteiger charge is 2.30. The lowest BCUT2D eigenvalue weighted by atomic mass is 10.1. The van der Waals surface area contributed by atoms with E-state index in [1.807, 2.05) is 0 Å². The number of para-hydroxylation sites is 1. The molecular formula is C25H21N3O10S2. The number of ketones is 1. The van der Waals surface area contributed by atoms with E-state index in [0.29, 0.717) is 16.0 Å². The zero-order valence-electron chi connectivity index (χ0n) is 20.6. The lowest BCUT2D eigenvalue weighted by Crippen LogP contribution is -2.42. The van der Waals surface area contributed by atoms with E-state index < -0.39 is 57.4 Å². The lowest BCUT2D eigenvalue weighted by Gasteiger charge is -2.13. The fourth-order valence-electron chi connectivity index (χ4n) is 3.65. The normalized spacial score (nSPS) is 12.2. The van der Waals surface area contributed by atoms with Crippen molar-refractivity contribution in [2.24, 2.45) is 0 Å². The number of carbonyl (C=O) groups is 4. The average Bonchev–Trinajstić information content (AvgIpc) is 3.55. The molecule has 0 saturated carbocycles. The molecule has 5 N–H and O–H groups in total. The molecule has 0 aliphatic carbocycles. The summed E-state index contributed by atoms with van der Waals surface area (Å²) < 4.78 is 33.0. The fraction of sp³-hybridized carbons (Fsp3) is 0.160. The second-order valence-corrected chi connectivity index (χ2v) is 11.4. The molecule has 0 fully saturated rings. The molecule has 40 heavy (non-hydrogen) atoms. The number of nitrogens with zero attached hydrogens (tertiary/aromatic N) is 1. The first-order valence-corrected chi connectivity index (χ1v) is 13.7. The summed E-state index contributed by atoms with van der Waals surface area (Å²) in [6, 6.07) is 9.24. The van der Waals surface area contributed by atoms with Crippen molar-refractivity contribution in [1.82, 2.24) is 15.0 Å². The Morgan fingerprint density at radius 1 is 1.07 bits per heavy atom. The largest absolute Gasteiger partial charge is 0.507 e. The summed E-state index contributed by atoms with van der Waals surface area (Å²) in [5.74, 6) is -5.38. The Hall–Kier alpha value is -4.60. The number of oxazole rings is 1. The smallest absolute Gasteiger partial charge is 0.339 e. The van der Waals surface area contributed by atoms with Crippen molar-refractivity contribution in [2.45, 2.75) is 30.8 Å². The van der Waals surface area contributed by atoms with Crippen LogP contribution in [0.4, 0.5) is 0 Å². The summed E-state index contributed by atoms with van der Waals surface area (Å²) in [6.45, 7) is 1.49. The summed E-state index contributed by atoms with van der Waals surface area (Å²) >= 11 is 0.891. The number of aromatic carboxylic acids is 1. The molecule has 15 heteroatoms. The molecule has 1 atom stereocenters. The van der Waals surface area contributed by atoms with Gasteiger partial charge in [0, 0.05) is 11.4 Å². The summed E-state index contributed by atoms with van der Waals surface area (Å²) in [6.07, 6.45) is -0.731. The number of aromatic nitrogens is 1. The molecule has 2 aromatic carbocycles. The summed E-state index contributed by atoms with van der Waals surface area (Å²) in [5, 5.41) is 30.4. The highest BCUT2D eigenvalue weighted by molar-refractivity contribution is 7.89. The van der Waals surface area contributed by atoms with Gasteiger partial charge in [-0.05, 0) is 48.9 Å². The number of Topliss-reactive ketones (excluding diaryl/α,β-unsaturated/α-hetero) is 1. The third-order valence-electron chi connectivity index (χ3n) is 5.65. The molecule has 2 aromatic heterocycles. The average molecular weight is 588 g/mol. The monoisotopic (exact) mass is 587 g/mol. The van der Waals surface area contributed by atoms with Crippen LogP contribution < -0.4 is 10.0 Å². The second-order valence-electron chi connectivity index (χ2n) is 8.50. The first-order valence-electron chi connectivity index (χ1n) is 11.4. The number of carboxylic acids is 2. The van der Waals surface area contributed by atoms with Crippen LogP contribution in [0.2, 0.25) is 0 Å². The van der Waals surface area contributed by atoms with Crippen molar-refractivity contribution in [2.75, 3.05) is 0 Å². The maximum Gasteiger partial charge on any atom is 0.339 e. The van der Waals surface area contributed by atoms with E-state index in [1.165, 1.54) is 12.1 Å². The Morgan fingerprint density at radius 3 is 2.50 bits per heavy atom. The molecule has 13 nitrogen and oxygen atoms in total. The maximum atomic E-state index is 13.0. The van der Waals surface area contributed by atoms with E-state index in [0.717, 1.165) is 35.1 Å². The minimum absolute atomic E-state index is 0.0728. The van der Waals surface area contributed by atoms with E-state index in [9.17, 15) is 37.8 Å². The third kappa shape index (κ3) is 6.17. The molecule has 0 bridgehead atoms. The highest BCUT2D eigenvalue weighted by Crippen LogP contribution is 2.23. The van der Waals surface area contributed by atoms with Crippen LogP contribution in [-0.2, 0) is 21.4 Å². The molecule has 0 saturated heterocycles. The van der Waals surface area contributed by atoms with Crippen molar-refractivity contribution in [3.8, 4) is 5.75 Å². The van der Waals surface area contributed by atoms with E-state index >= 15 is 0 Å². The van der Waals surface area contributed by atoms with Gasteiger partial charge in [0.15, 0.2) is 5.58 Å². The van der Waals surface area contributed by atoms with Crippen LogP contribution in [0.1, 0.15) is 47.6 Å². The molecule has 0 aliphatic rings. The summed E-state index contributed by atoms with van der Waals surface area (Å²) in [4.78, 5) is 52.6. The fourth-order valence-corrected chi connectivity index (χ4v) is 5.63. The van der Waals surface area contributed by atoms with Crippen molar-refractivity contribution >= 4 is 56.1 Å². The number of rotatable bonds is 11. The van der Waals surface area contributed by atoms with Gasteiger partial charge in [-0.25, -0.2) is 22.9 Å². The Bertz CT molecular complexity index is 1760. The number of carbonyl (C=O) groups excluding carboxylic acids is 2. The number of benzene rings is 2. The molecule has 4 rings (SSSR count). The number of aromatic hydroxyl groups is 1. The predicted octanol–water partition coefficient (Wildman–Crippen LogP) is 2.54. The van der Waals surface area contributed by atoms with Gasteiger partial charge in [-0.15, -0.1) is 11.3 Å². The molecular weight excluding hydrogens is 566 g/mol.